The van der Waals surface area contributed by atoms with E-state index >= 15 is 0 Å². The minimum absolute atomic E-state index is 0.0526. The first-order valence-electron chi connectivity index (χ1n) is 9.78. The second-order valence-corrected chi connectivity index (χ2v) is 9.90. The quantitative estimate of drug-likeness (QED) is 0.324. The number of carbonyl (C=O) groups is 2. The van der Waals surface area contributed by atoms with Gasteiger partial charge in [-0.1, -0.05) is 65.7 Å². The maximum absolute atomic E-state index is 13.6. The molecule has 9 heteroatoms. The van der Waals surface area contributed by atoms with E-state index in [1.54, 1.807) is 12.1 Å². The average molecular weight is 513 g/mol. The van der Waals surface area contributed by atoms with E-state index in [-0.39, 0.29) is 10.1 Å². The third-order valence-corrected chi connectivity index (χ3v) is 9.37. The van der Waals surface area contributed by atoms with E-state index in [9.17, 15) is 9.59 Å². The van der Waals surface area contributed by atoms with E-state index in [1.165, 1.54) is 14.2 Å². The van der Waals surface area contributed by atoms with E-state index < -0.39 is 39.2 Å². The van der Waals surface area contributed by atoms with Crippen molar-refractivity contribution < 1.29 is 19.1 Å². The molecule has 0 unspecified atom stereocenters. The van der Waals surface area contributed by atoms with Crippen LogP contribution in [-0.2, 0) is 19.1 Å². The molecular formula is C23H17Cl4NO4. The van der Waals surface area contributed by atoms with Crippen molar-refractivity contribution in [1.82, 2.24) is 0 Å². The first-order chi connectivity index (χ1) is 15.2. The Bertz CT molecular complexity index is 1120. The van der Waals surface area contributed by atoms with Crippen LogP contribution in [0.3, 0.4) is 0 Å². The normalized spacial score (nSPS) is 32.8. The van der Waals surface area contributed by atoms with Crippen molar-refractivity contribution in [2.75, 3.05) is 19.1 Å². The number of methoxy groups -OCH3 is 2. The summed E-state index contributed by atoms with van der Waals surface area (Å²) in [6.45, 7) is 0. The summed E-state index contributed by atoms with van der Waals surface area (Å²) >= 11 is 26.9. The molecule has 0 aromatic heterocycles. The predicted octanol–water partition coefficient (Wildman–Crippen LogP) is 5.12. The number of carbonyl (C=O) groups excluding carboxylic acids is 2. The van der Waals surface area contributed by atoms with Crippen molar-refractivity contribution in [3.63, 3.8) is 0 Å². The zero-order valence-electron chi connectivity index (χ0n) is 16.9. The molecule has 2 amide bonds. The van der Waals surface area contributed by atoms with Crippen molar-refractivity contribution >= 4 is 63.9 Å². The Morgan fingerprint density at radius 3 is 1.62 bits per heavy atom. The lowest BCUT2D eigenvalue weighted by Gasteiger charge is -2.42. The highest BCUT2D eigenvalue weighted by molar-refractivity contribution is 6.54. The molecule has 1 aliphatic heterocycles. The van der Waals surface area contributed by atoms with Crippen molar-refractivity contribution in [3.05, 3.63) is 64.7 Å². The summed E-state index contributed by atoms with van der Waals surface area (Å²) < 4.78 is 11.2. The maximum atomic E-state index is 13.6. The van der Waals surface area contributed by atoms with E-state index in [2.05, 4.69) is 0 Å². The van der Waals surface area contributed by atoms with Gasteiger partial charge in [-0.2, -0.15) is 0 Å². The van der Waals surface area contributed by atoms with Crippen molar-refractivity contribution in [1.29, 1.82) is 0 Å². The monoisotopic (exact) mass is 511 g/mol. The SMILES string of the molecule is COC1(OC)[C@@]2(Cl)C(Cl)=C(Cl)[C@]1(Cl)[C@H]1C(=O)N(c3ccc(-c4ccccc4)cc3)C(=O)[C@@H]12. The molecule has 2 aromatic carbocycles. The third kappa shape index (κ3) is 2.29. The molecule has 2 bridgehead atoms. The zero-order chi connectivity index (χ0) is 23.1. The third-order valence-electron chi connectivity index (χ3n) is 6.76. The van der Waals surface area contributed by atoms with Gasteiger partial charge in [0.1, 0.15) is 9.75 Å². The highest BCUT2D eigenvalue weighted by Gasteiger charge is 2.89. The highest BCUT2D eigenvalue weighted by Crippen LogP contribution is 2.75. The first-order valence-corrected chi connectivity index (χ1v) is 11.3. The summed E-state index contributed by atoms with van der Waals surface area (Å²) in [6, 6.07) is 16.9. The molecule has 2 aliphatic carbocycles. The molecule has 5 nitrogen and oxygen atoms in total. The molecule has 0 N–H and O–H groups in total. The summed E-state index contributed by atoms with van der Waals surface area (Å²) in [5, 5.41) is -0.105. The number of nitrogens with zero attached hydrogens (tertiary/aromatic N) is 1. The first kappa shape index (κ1) is 22.2. The van der Waals surface area contributed by atoms with Crippen molar-refractivity contribution in [2.24, 2.45) is 11.8 Å². The summed E-state index contributed by atoms with van der Waals surface area (Å²) in [5.41, 5.74) is 2.36. The number of fused-ring (bicyclic) bond motifs is 5. The van der Waals surface area contributed by atoms with Gasteiger partial charge in [0.15, 0.2) is 0 Å². The van der Waals surface area contributed by atoms with E-state index in [0.717, 1.165) is 16.0 Å². The standard InChI is InChI=1S/C23H17Cl4NO4/c1-31-23(32-2)21(26)15-16(22(23,27)18(25)17(21)24)20(30)28(19(15)29)14-10-8-13(9-11-14)12-6-4-3-5-7-12/h3-11,15-16H,1-2H3/t15-,16-,21-,22+/m1/s1. The highest BCUT2D eigenvalue weighted by atomic mass is 35.5. The summed E-state index contributed by atoms with van der Waals surface area (Å²) in [5.74, 6) is -5.09. The minimum Gasteiger partial charge on any atom is -0.350 e. The van der Waals surface area contributed by atoms with Crippen LogP contribution in [0.1, 0.15) is 0 Å². The molecule has 4 atom stereocenters. The Morgan fingerprint density at radius 2 is 1.19 bits per heavy atom. The van der Waals surface area contributed by atoms with Crippen molar-refractivity contribution in [3.8, 4) is 11.1 Å². The molecule has 166 valence electrons. The average Bonchev–Trinajstić information content (AvgIpc) is 3.24. The van der Waals surface area contributed by atoms with E-state index in [4.69, 9.17) is 55.9 Å². The van der Waals surface area contributed by atoms with Crippen LogP contribution in [0.5, 0.6) is 0 Å². The topological polar surface area (TPSA) is 55.8 Å². The Labute approximate surface area is 204 Å². The van der Waals surface area contributed by atoms with Crippen LogP contribution in [0.15, 0.2) is 64.7 Å². The molecule has 0 radical (unpaired) electrons. The Hall–Kier alpha value is -1.60. The van der Waals surface area contributed by atoms with Gasteiger partial charge in [0, 0.05) is 14.2 Å². The molecule has 3 aliphatic rings. The summed E-state index contributed by atoms with van der Waals surface area (Å²) in [6.07, 6.45) is 0. The zero-order valence-corrected chi connectivity index (χ0v) is 20.0. The van der Waals surface area contributed by atoms with Gasteiger partial charge in [0.05, 0.1) is 27.6 Å². The number of alkyl halides is 2. The number of hydrogen-bond donors (Lipinski definition) is 0. The number of rotatable bonds is 4. The van der Waals surface area contributed by atoms with Crippen LogP contribution in [-0.4, -0.2) is 41.6 Å². The van der Waals surface area contributed by atoms with Crippen molar-refractivity contribution in [2.45, 2.75) is 15.5 Å². The second kappa shape index (κ2) is 7.20. The van der Waals surface area contributed by atoms with Crippen LogP contribution in [0, 0.1) is 11.8 Å². The van der Waals surface area contributed by atoms with Crippen LogP contribution in [0.2, 0.25) is 0 Å². The minimum atomic E-state index is -1.79. The fraction of sp³-hybridized carbons (Fsp3) is 0.304. The van der Waals surface area contributed by atoms with Gasteiger partial charge in [-0.25, -0.2) is 4.90 Å². The number of halogens is 4. The molecule has 1 saturated heterocycles. The second-order valence-electron chi connectivity index (χ2n) is 7.96. The Kier molecular flexibility index (Phi) is 4.99. The van der Waals surface area contributed by atoms with Gasteiger partial charge in [0.25, 0.3) is 0 Å². The number of benzene rings is 2. The molecular weight excluding hydrogens is 496 g/mol. The van der Waals surface area contributed by atoms with Gasteiger partial charge in [-0.05, 0) is 23.3 Å². The fourth-order valence-corrected chi connectivity index (χ4v) is 7.55. The van der Waals surface area contributed by atoms with Crippen LogP contribution in [0.25, 0.3) is 11.1 Å². The molecule has 1 saturated carbocycles. The molecule has 2 fully saturated rings. The van der Waals surface area contributed by atoms with Gasteiger partial charge < -0.3 is 9.47 Å². The lowest BCUT2D eigenvalue weighted by atomic mass is 9.84. The van der Waals surface area contributed by atoms with Gasteiger partial charge >= 0.3 is 0 Å². The Morgan fingerprint density at radius 1 is 0.750 bits per heavy atom. The number of hydrogen-bond acceptors (Lipinski definition) is 4. The summed E-state index contributed by atoms with van der Waals surface area (Å²) in [7, 11) is 2.65. The van der Waals surface area contributed by atoms with E-state index in [1.807, 2.05) is 42.5 Å². The lowest BCUT2D eigenvalue weighted by Crippen LogP contribution is -2.60. The van der Waals surface area contributed by atoms with Gasteiger partial charge in [-0.15, -0.1) is 23.2 Å². The molecule has 1 heterocycles. The van der Waals surface area contributed by atoms with Crippen LogP contribution in [0.4, 0.5) is 5.69 Å². The predicted molar refractivity (Wildman–Crippen MR) is 124 cm³/mol. The number of imide groups is 1. The Balaban J connectivity index is 1.59. The molecule has 5 rings (SSSR count). The number of ether oxygens (including phenoxy) is 2. The fourth-order valence-electron chi connectivity index (χ4n) is 5.39. The maximum Gasteiger partial charge on any atom is 0.240 e. The summed E-state index contributed by atoms with van der Waals surface area (Å²) in [4.78, 5) is 24.8. The van der Waals surface area contributed by atoms with Crippen LogP contribution < -0.4 is 4.90 Å². The van der Waals surface area contributed by atoms with E-state index in [0.29, 0.717) is 5.69 Å². The van der Waals surface area contributed by atoms with Gasteiger partial charge in [0.2, 0.25) is 17.6 Å². The largest absolute Gasteiger partial charge is 0.350 e. The number of anilines is 1. The smallest absolute Gasteiger partial charge is 0.240 e. The lowest BCUT2D eigenvalue weighted by molar-refractivity contribution is -0.221. The van der Waals surface area contributed by atoms with Crippen LogP contribution >= 0.6 is 46.4 Å². The molecule has 32 heavy (non-hydrogen) atoms. The molecule has 2 aromatic rings. The van der Waals surface area contributed by atoms with Gasteiger partial charge in [-0.3, -0.25) is 9.59 Å². The molecule has 0 spiro atoms. The number of amides is 2.